The van der Waals surface area contributed by atoms with Crippen LogP contribution in [0.4, 0.5) is 5.69 Å². The van der Waals surface area contributed by atoms with Crippen molar-refractivity contribution in [3.63, 3.8) is 0 Å². The molecule has 31 heavy (non-hydrogen) atoms. The van der Waals surface area contributed by atoms with E-state index >= 15 is 0 Å². The number of pyridine rings is 1. The number of hydrogen-bond donors (Lipinski definition) is 0. The van der Waals surface area contributed by atoms with Crippen LogP contribution >= 0.6 is 0 Å². The molecule has 3 aliphatic rings. The molecule has 3 atom stereocenters. The smallest absolute Gasteiger partial charge is 0.228 e. The van der Waals surface area contributed by atoms with Gasteiger partial charge in [-0.2, -0.15) is 0 Å². The van der Waals surface area contributed by atoms with Gasteiger partial charge in [-0.25, -0.2) is 0 Å². The van der Waals surface area contributed by atoms with E-state index < -0.39 is 0 Å². The van der Waals surface area contributed by atoms with E-state index in [1.54, 1.807) is 24.4 Å². The highest BCUT2D eigenvalue weighted by Gasteiger charge is 2.47. The maximum Gasteiger partial charge on any atom is 0.228 e. The van der Waals surface area contributed by atoms with Gasteiger partial charge in [-0.05, 0) is 49.2 Å². The number of methoxy groups -OCH3 is 1. The number of carbonyl (C=O) groups excluding carboxylic acids is 2. The molecule has 3 unspecified atom stereocenters. The van der Waals surface area contributed by atoms with Gasteiger partial charge >= 0.3 is 0 Å². The van der Waals surface area contributed by atoms with E-state index in [1.807, 2.05) is 36.4 Å². The van der Waals surface area contributed by atoms with Gasteiger partial charge in [0.2, 0.25) is 11.8 Å². The van der Waals surface area contributed by atoms with E-state index in [-0.39, 0.29) is 42.3 Å². The van der Waals surface area contributed by atoms with Crippen LogP contribution in [-0.4, -0.2) is 53.5 Å². The summed E-state index contributed by atoms with van der Waals surface area (Å²) in [5.41, 5.74) is 0.813. The van der Waals surface area contributed by atoms with Gasteiger partial charge in [-0.1, -0.05) is 0 Å². The molecular weight excluding hydrogens is 394 g/mol. The molecule has 7 nitrogen and oxygen atoms in total. The first-order chi connectivity index (χ1) is 15.1. The predicted octanol–water partition coefficient (Wildman–Crippen LogP) is 3.04. The van der Waals surface area contributed by atoms with Crippen LogP contribution < -0.4 is 14.4 Å². The van der Waals surface area contributed by atoms with Crippen molar-refractivity contribution in [1.29, 1.82) is 0 Å². The Kier molecular flexibility index (Phi) is 5.26. The highest BCUT2D eigenvalue weighted by Crippen LogP contribution is 2.39. The lowest BCUT2D eigenvalue weighted by atomic mass is 9.96. The Morgan fingerprint density at radius 1 is 1.00 bits per heavy atom. The van der Waals surface area contributed by atoms with Gasteiger partial charge in [-0.15, -0.1) is 0 Å². The average Bonchev–Trinajstić information content (AvgIpc) is 3.31. The minimum absolute atomic E-state index is 0.00627. The molecule has 3 saturated heterocycles. The molecule has 0 radical (unpaired) electrons. The topological polar surface area (TPSA) is 72.0 Å². The summed E-state index contributed by atoms with van der Waals surface area (Å²) >= 11 is 0. The molecule has 2 amide bonds. The van der Waals surface area contributed by atoms with Gasteiger partial charge < -0.3 is 19.3 Å². The van der Waals surface area contributed by atoms with Crippen LogP contribution in [0.15, 0.2) is 48.8 Å². The second-order valence-corrected chi connectivity index (χ2v) is 8.63. The third-order valence-electron chi connectivity index (χ3n) is 6.76. The summed E-state index contributed by atoms with van der Waals surface area (Å²) in [6.45, 7) is 0.441. The van der Waals surface area contributed by atoms with Crippen LogP contribution in [0.2, 0.25) is 0 Å². The van der Waals surface area contributed by atoms with Gasteiger partial charge in [0.25, 0.3) is 0 Å². The van der Waals surface area contributed by atoms with Gasteiger partial charge in [0.1, 0.15) is 17.6 Å². The van der Waals surface area contributed by atoms with Crippen molar-refractivity contribution in [3.05, 3.63) is 48.8 Å². The van der Waals surface area contributed by atoms with E-state index in [2.05, 4.69) is 9.88 Å². The van der Waals surface area contributed by atoms with Crippen molar-refractivity contribution < 1.29 is 19.1 Å². The second-order valence-electron chi connectivity index (χ2n) is 8.63. The fraction of sp³-hybridized carbons (Fsp3) is 0.458. The van der Waals surface area contributed by atoms with Gasteiger partial charge in [-0.3, -0.25) is 14.6 Å². The highest BCUT2D eigenvalue weighted by atomic mass is 16.5. The summed E-state index contributed by atoms with van der Waals surface area (Å²) in [5.74, 6) is 1.42. The van der Waals surface area contributed by atoms with E-state index in [9.17, 15) is 9.59 Å². The Hall–Kier alpha value is -3.09. The number of anilines is 1. The molecule has 162 valence electrons. The summed E-state index contributed by atoms with van der Waals surface area (Å²) < 4.78 is 11.3. The molecule has 2 aromatic rings. The number of fused-ring (bicyclic) bond motifs is 2. The quantitative estimate of drug-likeness (QED) is 0.742. The number of benzene rings is 1. The van der Waals surface area contributed by atoms with Crippen LogP contribution in [0.3, 0.4) is 0 Å². The van der Waals surface area contributed by atoms with Crippen molar-refractivity contribution in [2.24, 2.45) is 5.92 Å². The van der Waals surface area contributed by atoms with Crippen LogP contribution in [0.25, 0.3) is 0 Å². The molecule has 3 fully saturated rings. The molecule has 0 N–H and O–H groups in total. The molecule has 4 heterocycles. The van der Waals surface area contributed by atoms with Crippen molar-refractivity contribution in [2.45, 2.75) is 50.3 Å². The molecule has 1 aromatic heterocycles. The Balaban J connectivity index is 1.24. The maximum absolute atomic E-state index is 13.4. The molecule has 5 rings (SSSR count). The van der Waals surface area contributed by atoms with Crippen LogP contribution in [-0.2, 0) is 9.59 Å². The normalized spacial score (nSPS) is 27.5. The monoisotopic (exact) mass is 421 g/mol. The van der Waals surface area contributed by atoms with Crippen LogP contribution in [0, 0.1) is 5.92 Å². The Morgan fingerprint density at radius 2 is 1.68 bits per heavy atom. The van der Waals surface area contributed by atoms with E-state index in [1.165, 1.54) is 0 Å². The number of amides is 2. The fourth-order valence-electron chi connectivity index (χ4n) is 5.29. The third-order valence-corrected chi connectivity index (χ3v) is 6.76. The maximum atomic E-state index is 13.4. The largest absolute Gasteiger partial charge is 0.497 e. The third kappa shape index (κ3) is 3.84. The Bertz CT molecular complexity index is 935. The molecular formula is C24H27N3O4. The zero-order valence-electron chi connectivity index (χ0n) is 17.6. The standard InChI is InChI=1S/C24H27N3O4/c1-30-20-6-4-17(5-7-20)26-15-16(12-23(26)28)24(29)27-18-2-3-19(27)14-22(13-18)31-21-8-10-25-11-9-21/h4-11,16,18-19,22H,2-3,12-15H2,1H3. The number of nitrogens with zero attached hydrogens (tertiary/aromatic N) is 3. The lowest BCUT2D eigenvalue weighted by molar-refractivity contribution is -0.141. The van der Waals surface area contributed by atoms with Crippen LogP contribution in [0.5, 0.6) is 11.5 Å². The minimum atomic E-state index is -0.282. The number of ether oxygens (including phenoxy) is 2. The zero-order valence-corrected chi connectivity index (χ0v) is 17.6. The van der Waals surface area contributed by atoms with E-state index in [4.69, 9.17) is 9.47 Å². The van der Waals surface area contributed by atoms with Gasteiger partial charge in [0, 0.05) is 56.0 Å². The first-order valence-electron chi connectivity index (χ1n) is 11.0. The highest BCUT2D eigenvalue weighted by molar-refractivity contribution is 6.00. The predicted molar refractivity (Wildman–Crippen MR) is 115 cm³/mol. The Morgan fingerprint density at radius 3 is 2.32 bits per heavy atom. The molecule has 2 bridgehead atoms. The lowest BCUT2D eigenvalue weighted by Crippen LogP contribution is -2.51. The summed E-state index contributed by atoms with van der Waals surface area (Å²) in [5, 5.41) is 0. The van der Waals surface area contributed by atoms with Crippen molar-refractivity contribution in [2.75, 3.05) is 18.6 Å². The summed E-state index contributed by atoms with van der Waals surface area (Å²) in [6.07, 6.45) is 7.55. The number of aromatic nitrogens is 1. The summed E-state index contributed by atoms with van der Waals surface area (Å²) in [6, 6.07) is 11.6. The lowest BCUT2D eigenvalue weighted by Gasteiger charge is -2.40. The van der Waals surface area contributed by atoms with E-state index in [0.29, 0.717) is 6.54 Å². The van der Waals surface area contributed by atoms with E-state index in [0.717, 1.165) is 42.9 Å². The average molecular weight is 421 g/mol. The van der Waals surface area contributed by atoms with Crippen molar-refractivity contribution in [3.8, 4) is 11.5 Å². The van der Waals surface area contributed by atoms with Crippen molar-refractivity contribution in [1.82, 2.24) is 9.88 Å². The molecule has 1 aromatic carbocycles. The molecule has 0 spiro atoms. The van der Waals surface area contributed by atoms with Crippen molar-refractivity contribution >= 4 is 17.5 Å². The first-order valence-corrected chi connectivity index (χ1v) is 11.0. The minimum Gasteiger partial charge on any atom is -0.497 e. The van der Waals surface area contributed by atoms with Crippen LogP contribution in [0.1, 0.15) is 32.1 Å². The SMILES string of the molecule is COc1ccc(N2CC(C(=O)N3C4CCC3CC(Oc3ccncc3)C4)CC2=O)cc1. The number of piperidine rings is 1. The molecule has 0 aliphatic carbocycles. The first kappa shape index (κ1) is 19.8. The van der Waals surface area contributed by atoms with Gasteiger partial charge in [0.05, 0.1) is 13.0 Å². The number of rotatable bonds is 5. The van der Waals surface area contributed by atoms with Gasteiger partial charge in [0.15, 0.2) is 0 Å². The second kappa shape index (κ2) is 8.21. The molecule has 0 saturated carbocycles. The number of carbonyl (C=O) groups is 2. The Labute approximate surface area is 182 Å². The molecule has 3 aliphatic heterocycles. The summed E-state index contributed by atoms with van der Waals surface area (Å²) in [4.78, 5) is 33.9. The number of hydrogen-bond acceptors (Lipinski definition) is 5. The fourth-order valence-corrected chi connectivity index (χ4v) is 5.29. The zero-order chi connectivity index (χ0) is 21.4. The molecule has 7 heteroatoms. The summed E-state index contributed by atoms with van der Waals surface area (Å²) in [7, 11) is 1.62.